The monoisotopic (exact) mass is 272 g/mol. The van der Waals surface area contributed by atoms with E-state index in [2.05, 4.69) is 9.44 Å². The van der Waals surface area contributed by atoms with Crippen molar-refractivity contribution in [2.24, 2.45) is 0 Å². The van der Waals surface area contributed by atoms with E-state index in [1.165, 1.54) is 12.1 Å². The van der Waals surface area contributed by atoms with Crippen LogP contribution >= 0.6 is 0 Å². The third-order valence-corrected chi connectivity index (χ3v) is 3.39. The van der Waals surface area contributed by atoms with E-state index in [1.54, 1.807) is 26.8 Å². The Hall–Kier alpha value is -1.60. The first-order valence-electron chi connectivity index (χ1n) is 5.35. The first kappa shape index (κ1) is 14.5. The number of aromatic carboxylic acids is 1. The maximum atomic E-state index is 11.7. The zero-order valence-corrected chi connectivity index (χ0v) is 11.2. The molecule has 100 valence electrons. The normalized spacial score (nSPS) is 11.6. The van der Waals surface area contributed by atoms with Gasteiger partial charge in [-0.1, -0.05) is 6.07 Å². The minimum atomic E-state index is -3.69. The van der Waals surface area contributed by atoms with E-state index in [4.69, 9.17) is 5.11 Å². The van der Waals surface area contributed by atoms with E-state index in [0.717, 1.165) is 0 Å². The lowest BCUT2D eigenvalue weighted by Crippen LogP contribution is -2.35. The van der Waals surface area contributed by atoms with Crippen LogP contribution in [0.4, 0.5) is 5.69 Å². The van der Waals surface area contributed by atoms with Crippen molar-refractivity contribution in [3.63, 3.8) is 0 Å². The molecule has 0 fully saturated rings. The van der Waals surface area contributed by atoms with E-state index < -0.39 is 16.2 Å². The van der Waals surface area contributed by atoms with Crippen LogP contribution in [0.5, 0.6) is 0 Å². The van der Waals surface area contributed by atoms with Gasteiger partial charge < -0.3 is 5.11 Å². The molecule has 0 bridgehead atoms. The van der Waals surface area contributed by atoms with Crippen molar-refractivity contribution in [2.75, 3.05) is 4.72 Å². The molecule has 1 aromatic carbocycles. The Morgan fingerprint density at radius 3 is 2.44 bits per heavy atom. The van der Waals surface area contributed by atoms with Gasteiger partial charge in [-0.2, -0.15) is 13.1 Å². The summed E-state index contributed by atoms with van der Waals surface area (Å²) < 4.78 is 28.0. The number of carboxylic acids is 1. The van der Waals surface area contributed by atoms with Crippen molar-refractivity contribution in [3.8, 4) is 0 Å². The number of benzene rings is 1. The number of nitrogens with one attached hydrogen (secondary N) is 2. The summed E-state index contributed by atoms with van der Waals surface area (Å²) in [5.74, 6) is -1.10. The summed E-state index contributed by atoms with van der Waals surface area (Å²) in [5.41, 5.74) is 0.931. The average molecular weight is 272 g/mol. The predicted octanol–water partition coefficient (Wildman–Crippen LogP) is 1.35. The average Bonchev–Trinajstić information content (AvgIpc) is 2.18. The van der Waals surface area contributed by atoms with Crippen LogP contribution in [0.1, 0.15) is 29.8 Å². The number of rotatable bonds is 5. The van der Waals surface area contributed by atoms with Gasteiger partial charge in [-0.05, 0) is 38.5 Å². The van der Waals surface area contributed by atoms with Gasteiger partial charge >= 0.3 is 5.97 Å². The molecule has 6 nitrogen and oxygen atoms in total. The molecule has 0 atom stereocenters. The third-order valence-electron chi connectivity index (χ3n) is 2.12. The molecule has 0 aliphatic heterocycles. The second kappa shape index (κ2) is 5.36. The number of hydrogen-bond donors (Lipinski definition) is 3. The molecule has 1 rings (SSSR count). The van der Waals surface area contributed by atoms with Crippen LogP contribution in [-0.2, 0) is 10.2 Å². The van der Waals surface area contributed by atoms with Crippen molar-refractivity contribution < 1.29 is 18.3 Å². The van der Waals surface area contributed by atoms with Crippen LogP contribution in [0.15, 0.2) is 18.2 Å². The maximum absolute atomic E-state index is 11.7. The molecule has 0 aromatic heterocycles. The maximum Gasteiger partial charge on any atom is 0.335 e. The summed E-state index contributed by atoms with van der Waals surface area (Å²) in [5, 5.41) is 8.85. The second-order valence-corrected chi connectivity index (χ2v) is 5.66. The van der Waals surface area contributed by atoms with Crippen LogP contribution < -0.4 is 9.44 Å². The molecule has 0 amide bonds. The van der Waals surface area contributed by atoms with Gasteiger partial charge in [0, 0.05) is 6.04 Å². The van der Waals surface area contributed by atoms with E-state index in [1.807, 2.05) is 0 Å². The fourth-order valence-corrected chi connectivity index (χ4v) is 2.54. The lowest BCUT2D eigenvalue weighted by molar-refractivity contribution is 0.0697. The highest BCUT2D eigenvalue weighted by atomic mass is 32.2. The van der Waals surface area contributed by atoms with E-state index in [9.17, 15) is 13.2 Å². The van der Waals surface area contributed by atoms with Crippen molar-refractivity contribution in [1.29, 1.82) is 0 Å². The molecule has 0 saturated heterocycles. The van der Waals surface area contributed by atoms with Gasteiger partial charge in [-0.15, -0.1) is 0 Å². The van der Waals surface area contributed by atoms with Gasteiger partial charge in [-0.25, -0.2) is 4.79 Å². The number of aryl methyl sites for hydroxylation is 1. The molecule has 7 heteroatoms. The van der Waals surface area contributed by atoms with Crippen molar-refractivity contribution in [1.82, 2.24) is 4.72 Å². The molecule has 0 unspecified atom stereocenters. The lowest BCUT2D eigenvalue weighted by atomic mass is 10.1. The van der Waals surface area contributed by atoms with Crippen molar-refractivity contribution in [3.05, 3.63) is 29.3 Å². The SMILES string of the molecule is Cc1ccc(C(=O)O)cc1NS(=O)(=O)NC(C)C. The molecule has 3 N–H and O–H groups in total. The van der Waals surface area contributed by atoms with Gasteiger partial charge in [0.2, 0.25) is 0 Å². The highest BCUT2D eigenvalue weighted by Crippen LogP contribution is 2.18. The number of hydrogen-bond acceptors (Lipinski definition) is 3. The second-order valence-electron chi connectivity index (χ2n) is 4.21. The summed E-state index contributed by atoms with van der Waals surface area (Å²) in [6.07, 6.45) is 0. The fourth-order valence-electron chi connectivity index (χ4n) is 1.35. The van der Waals surface area contributed by atoms with Crippen LogP contribution in [-0.4, -0.2) is 25.5 Å². The minimum absolute atomic E-state index is 0.0304. The lowest BCUT2D eigenvalue weighted by Gasteiger charge is -2.13. The summed E-state index contributed by atoms with van der Waals surface area (Å²) in [7, 11) is -3.69. The Kier molecular flexibility index (Phi) is 4.31. The molecule has 0 spiro atoms. The summed E-state index contributed by atoms with van der Waals surface area (Å²) in [6, 6.07) is 4.02. The molecular weight excluding hydrogens is 256 g/mol. The Balaban J connectivity index is 3.04. The van der Waals surface area contributed by atoms with Crippen molar-refractivity contribution in [2.45, 2.75) is 26.8 Å². The zero-order chi connectivity index (χ0) is 13.9. The molecule has 1 aromatic rings. The smallest absolute Gasteiger partial charge is 0.335 e. The largest absolute Gasteiger partial charge is 0.478 e. The molecule has 0 aliphatic carbocycles. The Morgan fingerprint density at radius 2 is 1.94 bits per heavy atom. The molecule has 0 aliphatic rings. The van der Waals surface area contributed by atoms with Gasteiger partial charge in [0.05, 0.1) is 11.3 Å². The number of anilines is 1. The van der Waals surface area contributed by atoms with E-state index in [-0.39, 0.29) is 17.3 Å². The Labute approximate surface area is 106 Å². The van der Waals surface area contributed by atoms with E-state index >= 15 is 0 Å². The fraction of sp³-hybridized carbons (Fsp3) is 0.364. The standard InChI is InChI=1S/C11H16N2O4S/c1-7(2)12-18(16,17)13-10-6-9(11(14)15)5-4-8(10)3/h4-7,12-13H,1-3H3,(H,14,15). The van der Waals surface area contributed by atoms with Crippen LogP contribution in [0.25, 0.3) is 0 Å². The highest BCUT2D eigenvalue weighted by Gasteiger charge is 2.14. The first-order valence-corrected chi connectivity index (χ1v) is 6.83. The third kappa shape index (κ3) is 4.01. The number of carbonyl (C=O) groups is 1. The number of carboxylic acid groups (broad SMARTS) is 1. The highest BCUT2D eigenvalue weighted by molar-refractivity contribution is 7.90. The zero-order valence-electron chi connectivity index (χ0n) is 10.4. The van der Waals surface area contributed by atoms with Gasteiger partial charge in [0.15, 0.2) is 0 Å². The van der Waals surface area contributed by atoms with Gasteiger partial charge in [0.1, 0.15) is 0 Å². The quantitative estimate of drug-likeness (QED) is 0.754. The molecule has 0 saturated carbocycles. The van der Waals surface area contributed by atoms with E-state index in [0.29, 0.717) is 5.56 Å². The summed E-state index contributed by atoms with van der Waals surface area (Å²) >= 11 is 0. The Morgan fingerprint density at radius 1 is 1.33 bits per heavy atom. The minimum Gasteiger partial charge on any atom is -0.478 e. The Bertz CT molecular complexity index is 552. The molecule has 18 heavy (non-hydrogen) atoms. The molecular formula is C11H16N2O4S. The van der Waals surface area contributed by atoms with Crippen LogP contribution in [0.3, 0.4) is 0 Å². The molecule has 0 radical (unpaired) electrons. The summed E-state index contributed by atoms with van der Waals surface area (Å²) in [6.45, 7) is 5.08. The van der Waals surface area contributed by atoms with Gasteiger partial charge in [0.25, 0.3) is 10.2 Å². The topological polar surface area (TPSA) is 95.5 Å². The van der Waals surface area contributed by atoms with Crippen LogP contribution in [0.2, 0.25) is 0 Å². The summed E-state index contributed by atoms with van der Waals surface area (Å²) in [4.78, 5) is 10.8. The van der Waals surface area contributed by atoms with Crippen molar-refractivity contribution >= 4 is 21.9 Å². The van der Waals surface area contributed by atoms with Gasteiger partial charge in [-0.3, -0.25) is 4.72 Å². The van der Waals surface area contributed by atoms with Crippen LogP contribution in [0, 0.1) is 6.92 Å². The predicted molar refractivity (Wildman–Crippen MR) is 69.0 cm³/mol. The molecule has 0 heterocycles. The first-order chi connectivity index (χ1) is 8.21.